The number of carbonyl (C=O) groups excluding carboxylic acids is 1. The maximum Gasteiger partial charge on any atom is 0.246 e. The van der Waals surface area contributed by atoms with Crippen molar-refractivity contribution in [3.63, 3.8) is 0 Å². The zero-order chi connectivity index (χ0) is 22.8. The molecule has 10 heteroatoms. The van der Waals surface area contributed by atoms with Crippen LogP contribution in [-0.4, -0.2) is 72.5 Å². The summed E-state index contributed by atoms with van der Waals surface area (Å²) in [4.78, 5) is 21.3. The van der Waals surface area contributed by atoms with Gasteiger partial charge < -0.3 is 24.6 Å². The van der Waals surface area contributed by atoms with Crippen molar-refractivity contribution in [3.05, 3.63) is 47.8 Å². The maximum atomic E-state index is 12.7. The van der Waals surface area contributed by atoms with Gasteiger partial charge in [-0.25, -0.2) is 4.99 Å². The second-order valence-electron chi connectivity index (χ2n) is 7.58. The van der Waals surface area contributed by atoms with Gasteiger partial charge in [-0.2, -0.15) is 5.10 Å². The molecule has 0 radical (unpaired) electrons. The fourth-order valence-corrected chi connectivity index (χ4v) is 3.54. The molecule has 0 unspecified atom stereocenters. The van der Waals surface area contributed by atoms with Gasteiger partial charge in [-0.3, -0.25) is 9.48 Å². The minimum absolute atomic E-state index is 0. The zero-order valence-corrected chi connectivity index (χ0v) is 22.0. The standard InChI is InChI=1S/C23H34N6O3.HI/c1-4-24-23(28-9-10-29(22(30)17-28)21-15-26-27(3)16-21)25-14-19-7-6-8-20(13-19)18-32-12-11-31-5-2;/h6-8,13,15-16H,4-5,9-12,14,17-18H2,1-3H3,(H,24,25);1H. The molecule has 1 saturated heterocycles. The van der Waals surface area contributed by atoms with E-state index >= 15 is 0 Å². The van der Waals surface area contributed by atoms with E-state index in [0.29, 0.717) is 46.1 Å². The Hall–Kier alpha value is -2.18. The first-order valence-corrected chi connectivity index (χ1v) is 11.2. The van der Waals surface area contributed by atoms with Crippen molar-refractivity contribution in [3.8, 4) is 0 Å². The van der Waals surface area contributed by atoms with Crippen molar-refractivity contribution in [2.24, 2.45) is 12.0 Å². The van der Waals surface area contributed by atoms with Crippen LogP contribution in [0.5, 0.6) is 0 Å². The number of anilines is 1. The molecule has 1 aromatic carbocycles. The van der Waals surface area contributed by atoms with Gasteiger partial charge in [0.05, 0.1) is 38.2 Å². The predicted molar refractivity (Wildman–Crippen MR) is 140 cm³/mol. The van der Waals surface area contributed by atoms with E-state index in [9.17, 15) is 4.79 Å². The molecule has 9 nitrogen and oxygen atoms in total. The van der Waals surface area contributed by atoms with Gasteiger partial charge in [-0.05, 0) is 25.0 Å². The molecule has 2 aromatic rings. The summed E-state index contributed by atoms with van der Waals surface area (Å²) in [5.41, 5.74) is 3.05. The molecular weight excluding hydrogens is 535 g/mol. The molecule has 0 atom stereocenters. The molecule has 0 bridgehead atoms. The number of aliphatic imine (C=N–C) groups is 1. The second-order valence-corrected chi connectivity index (χ2v) is 7.58. The van der Waals surface area contributed by atoms with Crippen molar-refractivity contribution in [1.82, 2.24) is 20.0 Å². The Morgan fingerprint density at radius 2 is 1.97 bits per heavy atom. The molecule has 33 heavy (non-hydrogen) atoms. The summed E-state index contributed by atoms with van der Waals surface area (Å²) >= 11 is 0. The third-order valence-corrected chi connectivity index (χ3v) is 5.11. The van der Waals surface area contributed by atoms with Crippen LogP contribution in [0.25, 0.3) is 0 Å². The van der Waals surface area contributed by atoms with Crippen LogP contribution < -0.4 is 10.2 Å². The van der Waals surface area contributed by atoms with E-state index in [-0.39, 0.29) is 36.4 Å². The van der Waals surface area contributed by atoms with Crippen LogP contribution >= 0.6 is 24.0 Å². The monoisotopic (exact) mass is 570 g/mol. The highest BCUT2D eigenvalue weighted by atomic mass is 127. The summed E-state index contributed by atoms with van der Waals surface area (Å²) in [6.45, 7) is 9.32. The van der Waals surface area contributed by atoms with Gasteiger partial charge in [0, 0.05) is 39.5 Å². The fourth-order valence-electron chi connectivity index (χ4n) is 3.54. The number of halogens is 1. The number of benzene rings is 1. The van der Waals surface area contributed by atoms with Gasteiger partial charge >= 0.3 is 0 Å². The molecule has 1 aromatic heterocycles. The SMILES string of the molecule is CCNC(=NCc1cccc(COCCOCC)c1)N1CCN(c2cnn(C)c2)C(=O)C1.I. The second kappa shape index (κ2) is 14.2. The number of aromatic nitrogens is 2. The number of amides is 1. The normalized spacial score (nSPS) is 14.4. The van der Waals surface area contributed by atoms with Crippen LogP contribution in [0, 0.1) is 0 Å². The Morgan fingerprint density at radius 3 is 2.67 bits per heavy atom. The third-order valence-electron chi connectivity index (χ3n) is 5.11. The maximum absolute atomic E-state index is 12.7. The van der Waals surface area contributed by atoms with Gasteiger partial charge in [-0.15, -0.1) is 24.0 Å². The summed E-state index contributed by atoms with van der Waals surface area (Å²) in [5.74, 6) is 0.797. The Balaban J connectivity index is 0.00000385. The largest absolute Gasteiger partial charge is 0.379 e. The first-order valence-electron chi connectivity index (χ1n) is 11.2. The molecular formula is C23H35IN6O3. The lowest BCUT2D eigenvalue weighted by Crippen LogP contribution is -2.55. The molecule has 182 valence electrons. The molecule has 3 rings (SSSR count). The van der Waals surface area contributed by atoms with Crippen molar-refractivity contribution in [2.75, 3.05) is 50.9 Å². The number of hydrogen-bond acceptors (Lipinski definition) is 5. The summed E-state index contributed by atoms with van der Waals surface area (Å²) < 4.78 is 12.7. The molecule has 1 amide bonds. The van der Waals surface area contributed by atoms with Gasteiger partial charge in [0.15, 0.2) is 5.96 Å². The van der Waals surface area contributed by atoms with Crippen LogP contribution in [-0.2, 0) is 34.5 Å². The Labute approximate surface area is 213 Å². The Bertz CT molecular complexity index is 904. The first kappa shape index (κ1) is 27.1. The molecule has 0 aliphatic carbocycles. The molecule has 2 heterocycles. The fraction of sp³-hybridized carbons (Fsp3) is 0.522. The number of nitrogens with zero attached hydrogens (tertiary/aromatic N) is 5. The summed E-state index contributed by atoms with van der Waals surface area (Å²) in [6.07, 6.45) is 3.58. The van der Waals surface area contributed by atoms with Crippen LogP contribution in [0.15, 0.2) is 41.7 Å². The van der Waals surface area contributed by atoms with E-state index in [4.69, 9.17) is 14.5 Å². The number of rotatable bonds is 10. The number of guanidine groups is 1. The van der Waals surface area contributed by atoms with E-state index in [1.165, 1.54) is 0 Å². The van der Waals surface area contributed by atoms with Gasteiger partial charge in [0.2, 0.25) is 5.91 Å². The third kappa shape index (κ3) is 8.27. The molecule has 1 aliphatic heterocycles. The minimum atomic E-state index is 0. The number of piperazine rings is 1. The predicted octanol–water partition coefficient (Wildman–Crippen LogP) is 2.41. The van der Waals surface area contributed by atoms with Crippen molar-refractivity contribution in [1.29, 1.82) is 0 Å². The van der Waals surface area contributed by atoms with E-state index in [1.54, 1.807) is 15.8 Å². The number of ether oxygens (including phenoxy) is 2. The van der Waals surface area contributed by atoms with Crippen LogP contribution in [0.2, 0.25) is 0 Å². The van der Waals surface area contributed by atoms with Crippen LogP contribution in [0.4, 0.5) is 5.69 Å². The molecule has 1 aliphatic rings. The van der Waals surface area contributed by atoms with E-state index in [2.05, 4.69) is 28.6 Å². The average Bonchev–Trinajstić information content (AvgIpc) is 3.22. The lowest BCUT2D eigenvalue weighted by Gasteiger charge is -2.35. The number of nitrogens with one attached hydrogen (secondary N) is 1. The van der Waals surface area contributed by atoms with E-state index in [1.807, 2.05) is 38.1 Å². The van der Waals surface area contributed by atoms with Gasteiger partial charge in [0.1, 0.15) is 6.54 Å². The Kier molecular flexibility index (Phi) is 11.6. The molecule has 0 spiro atoms. The van der Waals surface area contributed by atoms with Gasteiger partial charge in [-0.1, -0.05) is 24.3 Å². The summed E-state index contributed by atoms with van der Waals surface area (Å²) in [5, 5.41) is 7.49. The van der Waals surface area contributed by atoms with Crippen LogP contribution in [0.3, 0.4) is 0 Å². The number of aryl methyl sites for hydroxylation is 1. The number of carbonyl (C=O) groups is 1. The van der Waals surface area contributed by atoms with Crippen molar-refractivity contribution >= 4 is 41.5 Å². The van der Waals surface area contributed by atoms with Crippen molar-refractivity contribution < 1.29 is 14.3 Å². The molecule has 0 saturated carbocycles. The topological polar surface area (TPSA) is 84.2 Å². The summed E-state index contributed by atoms with van der Waals surface area (Å²) in [7, 11) is 1.85. The van der Waals surface area contributed by atoms with Gasteiger partial charge in [0.25, 0.3) is 0 Å². The smallest absolute Gasteiger partial charge is 0.246 e. The van der Waals surface area contributed by atoms with E-state index < -0.39 is 0 Å². The lowest BCUT2D eigenvalue weighted by atomic mass is 10.1. The van der Waals surface area contributed by atoms with Crippen molar-refractivity contribution in [2.45, 2.75) is 27.0 Å². The van der Waals surface area contributed by atoms with Crippen LogP contribution in [0.1, 0.15) is 25.0 Å². The highest BCUT2D eigenvalue weighted by molar-refractivity contribution is 14.0. The highest BCUT2D eigenvalue weighted by Gasteiger charge is 2.27. The number of hydrogen-bond donors (Lipinski definition) is 1. The lowest BCUT2D eigenvalue weighted by molar-refractivity contribution is -0.120. The summed E-state index contributed by atoms with van der Waals surface area (Å²) in [6, 6.07) is 8.24. The molecule has 1 N–H and O–H groups in total. The highest BCUT2D eigenvalue weighted by Crippen LogP contribution is 2.16. The van der Waals surface area contributed by atoms with E-state index in [0.717, 1.165) is 29.3 Å². The average molecular weight is 570 g/mol. The quantitative estimate of drug-likeness (QED) is 0.205. The minimum Gasteiger partial charge on any atom is -0.379 e. The first-order chi connectivity index (χ1) is 15.6. The zero-order valence-electron chi connectivity index (χ0n) is 19.7. The molecule has 1 fully saturated rings. The Morgan fingerprint density at radius 1 is 1.18 bits per heavy atom.